The number of likely N-dealkylation sites (tertiary alicyclic amines) is 1. The zero-order valence-electron chi connectivity index (χ0n) is 16.5. The molecule has 0 spiro atoms. The molecule has 2 heterocycles. The Morgan fingerprint density at radius 3 is 2.50 bits per heavy atom. The van der Waals surface area contributed by atoms with Crippen LogP contribution < -0.4 is 0 Å². The van der Waals surface area contributed by atoms with Crippen LogP contribution in [0.3, 0.4) is 0 Å². The largest absolute Gasteiger partial charge is 0.454 e. The maximum atomic E-state index is 12.9. The second-order valence-electron chi connectivity index (χ2n) is 7.86. The lowest BCUT2D eigenvalue weighted by Crippen LogP contribution is -2.34. The van der Waals surface area contributed by atoms with Gasteiger partial charge in [-0.15, -0.1) is 0 Å². The van der Waals surface area contributed by atoms with Gasteiger partial charge >= 0.3 is 6.18 Å². The molecule has 0 radical (unpaired) electrons. The number of piperidine rings is 1. The monoisotopic (exact) mass is 394 g/mol. The predicted molar refractivity (Wildman–Crippen MR) is 106 cm³/mol. The molecule has 6 heteroatoms. The number of para-hydroxylation sites is 1. The van der Waals surface area contributed by atoms with Crippen LogP contribution in [0.25, 0.3) is 10.9 Å². The second kappa shape index (κ2) is 9.12. The summed E-state index contributed by atoms with van der Waals surface area (Å²) in [5, 5.41) is 0.376. The van der Waals surface area contributed by atoms with Crippen molar-refractivity contribution in [3.05, 3.63) is 36.0 Å². The van der Waals surface area contributed by atoms with Crippen molar-refractivity contribution < 1.29 is 18.0 Å². The third-order valence-electron chi connectivity index (χ3n) is 5.84. The number of unbranched alkanes of at least 4 members (excludes halogenated alkanes) is 1. The maximum absolute atomic E-state index is 12.9. The number of hydrogen-bond donors (Lipinski definition) is 0. The molecule has 154 valence electrons. The molecule has 3 rings (SSSR count). The molecule has 0 saturated carbocycles. The average molecular weight is 394 g/mol. The number of benzene rings is 1. The van der Waals surface area contributed by atoms with Crippen LogP contribution in [0.1, 0.15) is 55.8 Å². The maximum Gasteiger partial charge on any atom is 0.454 e. The molecule has 0 unspecified atom stereocenters. The van der Waals surface area contributed by atoms with Gasteiger partial charge in [-0.2, -0.15) is 13.2 Å². The molecular weight excluding hydrogens is 365 g/mol. The van der Waals surface area contributed by atoms with Gasteiger partial charge in [0, 0.05) is 23.6 Å². The summed E-state index contributed by atoms with van der Waals surface area (Å²) >= 11 is 0. The van der Waals surface area contributed by atoms with Crippen molar-refractivity contribution >= 4 is 16.7 Å². The Hall–Kier alpha value is -1.82. The minimum Gasteiger partial charge on any atom is -0.347 e. The summed E-state index contributed by atoms with van der Waals surface area (Å²) in [4.78, 5) is 14.2. The fraction of sp³-hybridized carbons (Fsp3) is 0.591. The second-order valence-corrected chi connectivity index (χ2v) is 7.86. The molecule has 1 saturated heterocycles. The van der Waals surface area contributed by atoms with Gasteiger partial charge in [0.25, 0.3) is 5.78 Å². The van der Waals surface area contributed by atoms with Gasteiger partial charge in [-0.25, -0.2) is 0 Å². The Morgan fingerprint density at radius 1 is 1.11 bits per heavy atom. The number of hydrogen-bond acceptors (Lipinski definition) is 2. The molecule has 0 bridgehead atoms. The number of nitrogens with zero attached hydrogens (tertiary/aromatic N) is 2. The zero-order valence-corrected chi connectivity index (χ0v) is 16.5. The van der Waals surface area contributed by atoms with Crippen LogP contribution in [0.15, 0.2) is 30.5 Å². The van der Waals surface area contributed by atoms with E-state index < -0.39 is 12.0 Å². The van der Waals surface area contributed by atoms with Crippen LogP contribution in [0.4, 0.5) is 13.2 Å². The number of aromatic nitrogens is 1. The Labute approximate surface area is 164 Å². The highest BCUT2D eigenvalue weighted by atomic mass is 19.4. The lowest BCUT2D eigenvalue weighted by molar-refractivity contribution is -0.0884. The van der Waals surface area contributed by atoms with Gasteiger partial charge in [0.05, 0.1) is 5.56 Å². The Bertz CT molecular complexity index is 789. The number of aryl methyl sites for hydroxylation is 1. The lowest BCUT2D eigenvalue weighted by atomic mass is 9.91. The molecule has 28 heavy (non-hydrogen) atoms. The van der Waals surface area contributed by atoms with E-state index in [0.717, 1.165) is 32.0 Å². The van der Waals surface area contributed by atoms with E-state index in [0.29, 0.717) is 17.4 Å². The van der Waals surface area contributed by atoms with Gasteiger partial charge < -0.3 is 9.47 Å². The predicted octanol–water partition coefficient (Wildman–Crippen LogP) is 5.68. The molecule has 1 aromatic heterocycles. The van der Waals surface area contributed by atoms with E-state index in [-0.39, 0.29) is 5.56 Å². The fourth-order valence-corrected chi connectivity index (χ4v) is 4.22. The zero-order chi connectivity index (χ0) is 20.1. The quantitative estimate of drug-likeness (QED) is 0.538. The van der Waals surface area contributed by atoms with Gasteiger partial charge in [0.2, 0.25) is 0 Å². The summed E-state index contributed by atoms with van der Waals surface area (Å²) in [6, 6.07) is 6.83. The number of alkyl halides is 3. The van der Waals surface area contributed by atoms with E-state index in [9.17, 15) is 18.0 Å². The Morgan fingerprint density at radius 2 is 1.82 bits per heavy atom. The van der Waals surface area contributed by atoms with Crippen LogP contribution >= 0.6 is 0 Å². The molecule has 0 amide bonds. The van der Waals surface area contributed by atoms with Crippen LogP contribution in [-0.2, 0) is 6.54 Å². The minimum absolute atomic E-state index is 0.250. The number of carbonyl (C=O) groups excluding carboxylic acids is 1. The minimum atomic E-state index is -4.85. The van der Waals surface area contributed by atoms with Crippen LogP contribution in [-0.4, -0.2) is 41.1 Å². The third kappa shape index (κ3) is 4.96. The number of ketones is 1. The summed E-state index contributed by atoms with van der Waals surface area (Å²) in [6.07, 6.45) is 3.77. The molecule has 0 aliphatic carbocycles. The van der Waals surface area contributed by atoms with Crippen molar-refractivity contribution in [2.75, 3.05) is 19.6 Å². The number of carbonyl (C=O) groups is 1. The van der Waals surface area contributed by atoms with Gasteiger partial charge in [-0.3, -0.25) is 4.79 Å². The number of rotatable bonds is 8. The number of Topliss-reactive ketones (excluding diaryl/α,β-unsaturated/α-hetero) is 1. The summed E-state index contributed by atoms with van der Waals surface area (Å²) in [5.74, 6) is -0.919. The van der Waals surface area contributed by atoms with Crippen LogP contribution in [0.5, 0.6) is 0 Å². The Balaban J connectivity index is 1.59. The van der Waals surface area contributed by atoms with Gasteiger partial charge in [-0.05, 0) is 50.9 Å². The molecule has 1 aliphatic heterocycles. The summed E-state index contributed by atoms with van der Waals surface area (Å²) in [6.45, 7) is 6.00. The van der Waals surface area contributed by atoms with Gasteiger partial charge in [0.15, 0.2) is 0 Å². The highest BCUT2D eigenvalue weighted by molar-refractivity contribution is 6.10. The molecule has 1 fully saturated rings. The van der Waals surface area contributed by atoms with E-state index in [2.05, 4.69) is 11.8 Å². The molecular formula is C22H29F3N2O. The van der Waals surface area contributed by atoms with Crippen LogP contribution in [0.2, 0.25) is 0 Å². The van der Waals surface area contributed by atoms with Crippen molar-refractivity contribution in [1.29, 1.82) is 0 Å². The molecule has 1 aliphatic rings. The Kier molecular flexibility index (Phi) is 6.81. The first kappa shape index (κ1) is 20.9. The molecule has 3 nitrogen and oxygen atoms in total. The molecule has 0 atom stereocenters. The number of fused-ring (bicyclic) bond motifs is 1. The molecule has 1 aromatic carbocycles. The van der Waals surface area contributed by atoms with E-state index in [1.165, 1.54) is 38.3 Å². The first-order chi connectivity index (χ1) is 13.4. The average Bonchev–Trinajstić information content (AvgIpc) is 3.05. The van der Waals surface area contributed by atoms with E-state index in [1.54, 1.807) is 28.8 Å². The summed E-state index contributed by atoms with van der Waals surface area (Å²) in [7, 11) is 0. The van der Waals surface area contributed by atoms with E-state index in [1.807, 2.05) is 0 Å². The smallest absolute Gasteiger partial charge is 0.347 e. The summed E-state index contributed by atoms with van der Waals surface area (Å²) < 4.78 is 40.5. The SMILES string of the molecule is CCCCC1CCN(CCCn2cc(C(=O)C(F)(F)F)c3ccccc32)CC1. The van der Waals surface area contributed by atoms with Crippen molar-refractivity contribution in [1.82, 2.24) is 9.47 Å². The first-order valence-electron chi connectivity index (χ1n) is 10.3. The lowest BCUT2D eigenvalue weighted by Gasteiger charge is -2.32. The molecule has 2 aromatic rings. The normalized spacial score (nSPS) is 16.7. The third-order valence-corrected chi connectivity index (χ3v) is 5.84. The highest BCUT2D eigenvalue weighted by Gasteiger charge is 2.40. The standard InChI is InChI=1S/C22H29F3N2O/c1-2-3-7-17-10-14-26(15-11-17)12-6-13-27-16-19(21(28)22(23,24)25)18-8-4-5-9-20(18)27/h4-5,8-9,16-17H,2-3,6-7,10-15H2,1H3. The highest BCUT2D eigenvalue weighted by Crippen LogP contribution is 2.29. The van der Waals surface area contributed by atoms with Crippen molar-refractivity contribution in [2.45, 2.75) is 58.2 Å². The van der Waals surface area contributed by atoms with Gasteiger partial charge in [-0.1, -0.05) is 44.4 Å². The van der Waals surface area contributed by atoms with E-state index in [4.69, 9.17) is 0 Å². The fourth-order valence-electron chi connectivity index (χ4n) is 4.22. The van der Waals surface area contributed by atoms with Crippen molar-refractivity contribution in [2.24, 2.45) is 5.92 Å². The van der Waals surface area contributed by atoms with E-state index >= 15 is 0 Å². The van der Waals surface area contributed by atoms with Crippen molar-refractivity contribution in [3.63, 3.8) is 0 Å². The summed E-state index contributed by atoms with van der Waals surface area (Å²) in [5.41, 5.74) is 0.438. The van der Waals surface area contributed by atoms with Gasteiger partial charge in [0.1, 0.15) is 0 Å². The first-order valence-corrected chi connectivity index (χ1v) is 10.3. The number of halogens is 3. The van der Waals surface area contributed by atoms with Crippen molar-refractivity contribution in [3.8, 4) is 0 Å². The van der Waals surface area contributed by atoms with Crippen LogP contribution in [0, 0.1) is 5.92 Å². The molecule has 0 N–H and O–H groups in total. The topological polar surface area (TPSA) is 25.2 Å².